The summed E-state index contributed by atoms with van der Waals surface area (Å²) in [6.07, 6.45) is 22.4. The highest BCUT2D eigenvalue weighted by atomic mass is 15.1. The summed E-state index contributed by atoms with van der Waals surface area (Å²) in [4.78, 5) is 12.7. The summed E-state index contributed by atoms with van der Waals surface area (Å²) in [5.41, 5.74) is 6.74. The molecule has 2 aromatic rings. The van der Waals surface area contributed by atoms with E-state index in [2.05, 4.69) is 32.5 Å². The zero-order valence-corrected chi connectivity index (χ0v) is 19.4. The Bertz CT molecular complexity index is 692. The summed E-state index contributed by atoms with van der Waals surface area (Å²) in [5.74, 6) is 1.98. The molecular formula is C25H42N6. The second kappa shape index (κ2) is 16.3. The van der Waals surface area contributed by atoms with Crippen LogP contribution in [0.25, 0.3) is 0 Å². The molecule has 0 fully saturated rings. The lowest BCUT2D eigenvalue weighted by Crippen LogP contribution is -2.09. The Morgan fingerprint density at radius 1 is 0.710 bits per heavy atom. The lowest BCUT2D eigenvalue weighted by atomic mass is 10.0. The summed E-state index contributed by atoms with van der Waals surface area (Å²) < 4.78 is 0. The van der Waals surface area contributed by atoms with E-state index in [9.17, 15) is 0 Å². The quantitative estimate of drug-likeness (QED) is 0.220. The fourth-order valence-corrected chi connectivity index (χ4v) is 3.72. The molecule has 0 aliphatic rings. The van der Waals surface area contributed by atoms with Gasteiger partial charge in [0.1, 0.15) is 17.8 Å². The predicted octanol–water partition coefficient (Wildman–Crippen LogP) is 7.09. The van der Waals surface area contributed by atoms with Crippen molar-refractivity contribution in [2.75, 3.05) is 22.9 Å². The minimum atomic E-state index is 0.526. The van der Waals surface area contributed by atoms with Crippen LogP contribution in [0.5, 0.6) is 0 Å². The van der Waals surface area contributed by atoms with Gasteiger partial charge in [0, 0.05) is 12.7 Å². The molecule has 4 N–H and O–H groups in total. The summed E-state index contributed by atoms with van der Waals surface area (Å²) in [6.45, 7) is 3.16. The molecule has 2 aromatic heterocycles. The summed E-state index contributed by atoms with van der Waals surface area (Å²) >= 11 is 0. The Balaban J connectivity index is 1.47. The van der Waals surface area contributed by atoms with Gasteiger partial charge >= 0.3 is 0 Å². The van der Waals surface area contributed by atoms with Gasteiger partial charge < -0.3 is 16.4 Å². The number of rotatable bonds is 18. The highest BCUT2D eigenvalue weighted by Gasteiger charge is 2.08. The highest BCUT2D eigenvalue weighted by Crippen LogP contribution is 2.24. The van der Waals surface area contributed by atoms with E-state index in [-0.39, 0.29) is 0 Å². The van der Waals surface area contributed by atoms with Gasteiger partial charge in [-0.05, 0) is 18.6 Å². The van der Waals surface area contributed by atoms with Crippen molar-refractivity contribution in [3.63, 3.8) is 0 Å². The van der Waals surface area contributed by atoms with Crippen LogP contribution >= 0.6 is 0 Å². The van der Waals surface area contributed by atoms with Gasteiger partial charge in [0.05, 0.1) is 0 Å². The van der Waals surface area contributed by atoms with Crippen LogP contribution in [0.1, 0.15) is 96.8 Å². The molecular weight excluding hydrogens is 384 g/mol. The molecule has 0 saturated carbocycles. The van der Waals surface area contributed by atoms with Crippen LogP contribution in [0.2, 0.25) is 0 Å². The van der Waals surface area contributed by atoms with Crippen molar-refractivity contribution < 1.29 is 0 Å². The van der Waals surface area contributed by atoms with E-state index in [0.717, 1.165) is 13.0 Å². The van der Waals surface area contributed by atoms with Gasteiger partial charge in [0.25, 0.3) is 0 Å². The first-order valence-corrected chi connectivity index (χ1v) is 12.3. The largest absolute Gasteiger partial charge is 0.393 e. The number of anilines is 4. The van der Waals surface area contributed by atoms with Crippen LogP contribution in [0.3, 0.4) is 0 Å². The van der Waals surface area contributed by atoms with Crippen LogP contribution in [0.4, 0.5) is 23.1 Å². The Labute approximate surface area is 188 Å². The first-order valence-electron chi connectivity index (χ1n) is 12.3. The number of nitrogens with one attached hydrogen (secondary N) is 2. The number of pyridine rings is 1. The van der Waals surface area contributed by atoms with E-state index >= 15 is 0 Å². The van der Waals surface area contributed by atoms with Gasteiger partial charge in [-0.25, -0.2) is 15.0 Å². The summed E-state index contributed by atoms with van der Waals surface area (Å²) in [7, 11) is 0. The van der Waals surface area contributed by atoms with E-state index in [1.807, 2.05) is 18.2 Å². The molecule has 0 saturated heterocycles. The zero-order chi connectivity index (χ0) is 22.0. The van der Waals surface area contributed by atoms with Crippen molar-refractivity contribution in [3.05, 3.63) is 30.7 Å². The molecule has 2 heterocycles. The molecule has 0 bridgehead atoms. The molecule has 0 aliphatic carbocycles. The molecule has 0 aromatic carbocycles. The SMILES string of the molecule is CCCCCCCCCCCCCCCCNc1ncnc(Nc2ccccn2)c1N. The van der Waals surface area contributed by atoms with Gasteiger partial charge in [-0.2, -0.15) is 0 Å². The van der Waals surface area contributed by atoms with E-state index in [4.69, 9.17) is 5.73 Å². The minimum Gasteiger partial charge on any atom is -0.393 e. The average molecular weight is 427 g/mol. The topological polar surface area (TPSA) is 88.8 Å². The van der Waals surface area contributed by atoms with E-state index < -0.39 is 0 Å². The zero-order valence-electron chi connectivity index (χ0n) is 19.4. The van der Waals surface area contributed by atoms with Gasteiger partial charge in [-0.15, -0.1) is 0 Å². The Morgan fingerprint density at radius 2 is 1.29 bits per heavy atom. The molecule has 0 radical (unpaired) electrons. The maximum absolute atomic E-state index is 6.21. The van der Waals surface area contributed by atoms with Gasteiger partial charge in [0.2, 0.25) is 0 Å². The Hall–Kier alpha value is -2.37. The molecule has 172 valence electrons. The van der Waals surface area contributed by atoms with Crippen molar-refractivity contribution >= 4 is 23.1 Å². The molecule has 2 rings (SSSR count). The van der Waals surface area contributed by atoms with Crippen molar-refractivity contribution in [1.29, 1.82) is 0 Å². The van der Waals surface area contributed by atoms with E-state index in [1.54, 1.807) is 6.20 Å². The first kappa shape index (κ1) is 24.9. The van der Waals surface area contributed by atoms with Gasteiger partial charge in [-0.3, -0.25) is 0 Å². The van der Waals surface area contributed by atoms with Crippen LogP contribution in [-0.2, 0) is 0 Å². The van der Waals surface area contributed by atoms with Crippen LogP contribution in [-0.4, -0.2) is 21.5 Å². The third-order valence-corrected chi connectivity index (χ3v) is 5.62. The molecule has 0 amide bonds. The third-order valence-electron chi connectivity index (χ3n) is 5.62. The Morgan fingerprint density at radius 3 is 1.87 bits per heavy atom. The second-order valence-electron chi connectivity index (χ2n) is 8.35. The standard InChI is InChI=1S/C25H42N6/c1-2-3-4-5-6-7-8-9-10-11-12-13-14-16-20-28-24-23(26)25(30-21-29-24)31-22-18-15-17-19-27-22/h15,17-19,21H,2-14,16,20,26H2,1H3,(H2,27,28,29,30,31). The van der Waals surface area contributed by atoms with Crippen molar-refractivity contribution in [2.45, 2.75) is 96.8 Å². The first-order chi connectivity index (χ1) is 15.3. The van der Waals surface area contributed by atoms with E-state index in [0.29, 0.717) is 23.1 Å². The van der Waals surface area contributed by atoms with Crippen molar-refractivity contribution in [1.82, 2.24) is 15.0 Å². The van der Waals surface area contributed by atoms with Gasteiger partial charge in [-0.1, -0.05) is 96.5 Å². The second-order valence-corrected chi connectivity index (χ2v) is 8.35. The number of nitrogens with two attached hydrogens (primary N) is 1. The fourth-order valence-electron chi connectivity index (χ4n) is 3.72. The van der Waals surface area contributed by atoms with Crippen molar-refractivity contribution in [2.24, 2.45) is 0 Å². The fraction of sp³-hybridized carbons (Fsp3) is 0.640. The molecule has 6 heteroatoms. The molecule has 0 aliphatic heterocycles. The molecule has 0 atom stereocenters. The number of nitrogen functional groups attached to an aromatic ring is 1. The lowest BCUT2D eigenvalue weighted by molar-refractivity contribution is 0.537. The van der Waals surface area contributed by atoms with Crippen LogP contribution in [0.15, 0.2) is 30.7 Å². The maximum atomic E-state index is 6.21. The number of hydrogen-bond donors (Lipinski definition) is 3. The molecule has 31 heavy (non-hydrogen) atoms. The molecule has 6 nitrogen and oxygen atoms in total. The monoisotopic (exact) mass is 426 g/mol. The van der Waals surface area contributed by atoms with Gasteiger partial charge in [0.15, 0.2) is 11.6 Å². The normalized spacial score (nSPS) is 10.9. The maximum Gasteiger partial charge on any atom is 0.160 e. The number of unbranched alkanes of at least 4 members (excludes halogenated alkanes) is 13. The number of aromatic nitrogens is 3. The van der Waals surface area contributed by atoms with Crippen molar-refractivity contribution in [3.8, 4) is 0 Å². The lowest BCUT2D eigenvalue weighted by Gasteiger charge is -2.12. The molecule has 0 unspecified atom stereocenters. The highest BCUT2D eigenvalue weighted by molar-refractivity contribution is 5.76. The van der Waals surface area contributed by atoms with E-state index in [1.165, 1.54) is 89.8 Å². The van der Waals surface area contributed by atoms with Crippen LogP contribution in [0, 0.1) is 0 Å². The Kier molecular flexibility index (Phi) is 13.1. The average Bonchev–Trinajstić information content (AvgIpc) is 2.79. The number of hydrogen-bond acceptors (Lipinski definition) is 6. The number of nitrogens with zero attached hydrogens (tertiary/aromatic N) is 3. The smallest absolute Gasteiger partial charge is 0.160 e. The minimum absolute atomic E-state index is 0.526. The van der Waals surface area contributed by atoms with Crippen LogP contribution < -0.4 is 16.4 Å². The predicted molar refractivity (Wildman–Crippen MR) is 133 cm³/mol. The summed E-state index contributed by atoms with van der Waals surface area (Å²) in [6, 6.07) is 5.67. The molecule has 0 spiro atoms. The third kappa shape index (κ3) is 11.0. The summed E-state index contributed by atoms with van der Waals surface area (Å²) in [5, 5.41) is 6.49.